The van der Waals surface area contributed by atoms with E-state index in [0.29, 0.717) is 5.69 Å². The van der Waals surface area contributed by atoms with Gasteiger partial charge < -0.3 is 9.88 Å². The Morgan fingerprint density at radius 2 is 2.06 bits per heavy atom. The number of carbonyl (C=O) groups is 1. The first-order valence-electron chi connectivity index (χ1n) is 6.53. The summed E-state index contributed by atoms with van der Waals surface area (Å²) in [6.45, 7) is 6.52. The number of hydrogen-bond donors (Lipinski definition) is 1. The molecular weight excluding hydrogens is 292 g/mol. The van der Waals surface area contributed by atoms with Gasteiger partial charge in [0.05, 0.1) is 0 Å². The quantitative estimate of drug-likeness (QED) is 0.853. The molecule has 0 saturated heterocycles. The molecule has 4 heteroatoms. The Morgan fingerprint density at radius 1 is 1.39 bits per heavy atom. The van der Waals surface area contributed by atoms with Gasteiger partial charge in [-0.2, -0.15) is 0 Å². The molecule has 0 saturated carbocycles. The van der Waals surface area contributed by atoms with Crippen molar-refractivity contribution in [3.63, 3.8) is 0 Å². The Hall–Kier alpha value is -0.770. The fourth-order valence-electron chi connectivity index (χ4n) is 1.95. The minimum atomic E-state index is 0.000229. The molecule has 1 rings (SSSR count). The van der Waals surface area contributed by atoms with Crippen LogP contribution < -0.4 is 5.32 Å². The first kappa shape index (κ1) is 15.3. The molecule has 0 fully saturated rings. The van der Waals surface area contributed by atoms with Crippen LogP contribution in [-0.2, 0) is 7.05 Å². The third-order valence-electron chi connectivity index (χ3n) is 3.00. The highest BCUT2D eigenvalue weighted by atomic mass is 79.9. The summed E-state index contributed by atoms with van der Waals surface area (Å²) >= 11 is 3.37. The minimum Gasteiger partial charge on any atom is -0.348 e. The van der Waals surface area contributed by atoms with E-state index in [1.54, 1.807) is 0 Å². The van der Waals surface area contributed by atoms with Crippen molar-refractivity contribution < 1.29 is 4.79 Å². The van der Waals surface area contributed by atoms with Crippen molar-refractivity contribution in [3.05, 3.63) is 22.4 Å². The number of hydrogen-bond acceptors (Lipinski definition) is 1. The number of nitrogens with zero attached hydrogens (tertiary/aromatic N) is 1. The average molecular weight is 315 g/mol. The lowest BCUT2D eigenvalue weighted by atomic mass is 10.0. The smallest absolute Gasteiger partial charge is 0.268 e. The average Bonchev–Trinajstić information content (AvgIpc) is 2.57. The van der Waals surface area contributed by atoms with Crippen LogP contribution in [0.25, 0.3) is 0 Å². The first-order chi connectivity index (χ1) is 8.40. The van der Waals surface area contributed by atoms with Crippen molar-refractivity contribution in [1.29, 1.82) is 0 Å². The fraction of sp³-hybridized carbons (Fsp3) is 0.643. The summed E-state index contributed by atoms with van der Waals surface area (Å²) in [5.74, 6) is 0.733. The van der Waals surface area contributed by atoms with E-state index in [1.165, 1.54) is 6.42 Å². The first-order valence-corrected chi connectivity index (χ1v) is 7.32. The molecule has 1 aromatic heterocycles. The molecule has 1 N–H and O–H groups in total. The van der Waals surface area contributed by atoms with Gasteiger partial charge in [-0.15, -0.1) is 0 Å². The van der Waals surface area contributed by atoms with Crippen LogP contribution in [0.4, 0.5) is 0 Å². The monoisotopic (exact) mass is 314 g/mol. The fourth-order valence-corrected chi connectivity index (χ4v) is 2.48. The van der Waals surface area contributed by atoms with E-state index in [9.17, 15) is 4.79 Å². The molecular formula is C14H23BrN2O. The van der Waals surface area contributed by atoms with Gasteiger partial charge in [-0.05, 0) is 41.3 Å². The maximum absolute atomic E-state index is 12.0. The summed E-state index contributed by atoms with van der Waals surface area (Å²) in [7, 11) is 1.88. The van der Waals surface area contributed by atoms with E-state index >= 15 is 0 Å². The third-order valence-corrected chi connectivity index (χ3v) is 3.43. The second kappa shape index (κ2) is 6.98. The number of halogens is 1. The lowest BCUT2D eigenvalue weighted by Crippen LogP contribution is -2.33. The van der Waals surface area contributed by atoms with Gasteiger partial charge >= 0.3 is 0 Å². The molecule has 0 aliphatic heterocycles. The minimum absolute atomic E-state index is 0.000229. The molecule has 0 radical (unpaired) electrons. The molecule has 3 nitrogen and oxygen atoms in total. The molecule has 1 unspecified atom stereocenters. The van der Waals surface area contributed by atoms with Gasteiger partial charge in [-0.1, -0.05) is 26.7 Å². The van der Waals surface area contributed by atoms with Crippen LogP contribution in [0.15, 0.2) is 16.7 Å². The summed E-state index contributed by atoms with van der Waals surface area (Å²) in [6, 6.07) is 2.07. The van der Waals surface area contributed by atoms with E-state index in [-0.39, 0.29) is 11.9 Å². The van der Waals surface area contributed by atoms with Gasteiger partial charge in [0.1, 0.15) is 5.69 Å². The number of amides is 1. The SMILES string of the molecule is CC(C)CCCC(C)NC(=O)c1cc(Br)cn1C. The third kappa shape index (κ3) is 4.84. The van der Waals surface area contributed by atoms with Crippen molar-refractivity contribution in [3.8, 4) is 0 Å². The Morgan fingerprint density at radius 3 is 2.56 bits per heavy atom. The standard InChI is InChI=1S/C14H23BrN2O/c1-10(2)6-5-7-11(3)16-14(18)13-8-12(15)9-17(13)4/h8-11H,5-7H2,1-4H3,(H,16,18). The van der Waals surface area contributed by atoms with Gasteiger partial charge in [-0.25, -0.2) is 0 Å². The van der Waals surface area contributed by atoms with Crippen LogP contribution >= 0.6 is 15.9 Å². The molecule has 0 aliphatic carbocycles. The van der Waals surface area contributed by atoms with Crippen molar-refractivity contribution in [1.82, 2.24) is 9.88 Å². The van der Waals surface area contributed by atoms with E-state index in [1.807, 2.05) is 23.9 Å². The predicted octanol–water partition coefficient (Wildman–Crippen LogP) is 3.73. The van der Waals surface area contributed by atoms with Crippen molar-refractivity contribution in [2.45, 2.75) is 46.1 Å². The van der Waals surface area contributed by atoms with E-state index in [2.05, 4.69) is 42.0 Å². The number of carbonyl (C=O) groups excluding carboxylic acids is 1. The van der Waals surface area contributed by atoms with Crippen LogP contribution in [0, 0.1) is 5.92 Å². The highest BCUT2D eigenvalue weighted by Gasteiger charge is 2.13. The number of nitrogens with one attached hydrogen (secondary N) is 1. The highest BCUT2D eigenvalue weighted by molar-refractivity contribution is 9.10. The van der Waals surface area contributed by atoms with Crippen LogP contribution in [0.1, 0.15) is 50.5 Å². The van der Waals surface area contributed by atoms with Gasteiger partial charge in [-0.3, -0.25) is 4.79 Å². The Bertz CT molecular complexity index is 398. The largest absolute Gasteiger partial charge is 0.348 e. The van der Waals surface area contributed by atoms with Crippen LogP contribution in [0.5, 0.6) is 0 Å². The van der Waals surface area contributed by atoms with E-state index in [4.69, 9.17) is 0 Å². The molecule has 1 amide bonds. The Kier molecular flexibility index (Phi) is 5.93. The lowest BCUT2D eigenvalue weighted by Gasteiger charge is -2.14. The molecule has 18 heavy (non-hydrogen) atoms. The van der Waals surface area contributed by atoms with Gasteiger partial charge in [0.2, 0.25) is 0 Å². The van der Waals surface area contributed by atoms with E-state index < -0.39 is 0 Å². The maximum atomic E-state index is 12.0. The summed E-state index contributed by atoms with van der Waals surface area (Å²) in [6.07, 6.45) is 5.31. The summed E-state index contributed by atoms with van der Waals surface area (Å²) in [4.78, 5) is 12.0. The zero-order chi connectivity index (χ0) is 13.7. The zero-order valence-electron chi connectivity index (χ0n) is 11.7. The van der Waals surface area contributed by atoms with Crippen molar-refractivity contribution in [2.24, 2.45) is 13.0 Å². The molecule has 1 heterocycles. The molecule has 0 aromatic carbocycles. The van der Waals surface area contributed by atoms with Crippen LogP contribution in [0.3, 0.4) is 0 Å². The van der Waals surface area contributed by atoms with Gasteiger partial charge in [0, 0.05) is 23.8 Å². The number of aromatic nitrogens is 1. The van der Waals surface area contributed by atoms with Crippen LogP contribution in [0.2, 0.25) is 0 Å². The highest BCUT2D eigenvalue weighted by Crippen LogP contribution is 2.14. The summed E-state index contributed by atoms with van der Waals surface area (Å²) in [5, 5.41) is 3.04. The molecule has 1 aromatic rings. The second-order valence-electron chi connectivity index (χ2n) is 5.35. The molecule has 102 valence electrons. The van der Waals surface area contributed by atoms with Gasteiger partial charge in [0.25, 0.3) is 5.91 Å². The lowest BCUT2D eigenvalue weighted by molar-refractivity contribution is 0.0929. The normalized spacial score (nSPS) is 12.8. The zero-order valence-corrected chi connectivity index (χ0v) is 13.3. The molecule has 0 spiro atoms. The Balaban J connectivity index is 2.42. The Labute approximate surface area is 118 Å². The summed E-state index contributed by atoms with van der Waals surface area (Å²) in [5.41, 5.74) is 0.692. The molecule has 0 aliphatic rings. The predicted molar refractivity (Wildman–Crippen MR) is 78.7 cm³/mol. The number of rotatable bonds is 6. The molecule has 0 bridgehead atoms. The number of aryl methyl sites for hydroxylation is 1. The van der Waals surface area contributed by atoms with Crippen LogP contribution in [-0.4, -0.2) is 16.5 Å². The van der Waals surface area contributed by atoms with E-state index in [0.717, 1.165) is 23.2 Å². The topological polar surface area (TPSA) is 34.0 Å². The van der Waals surface area contributed by atoms with Crippen molar-refractivity contribution in [2.75, 3.05) is 0 Å². The second-order valence-corrected chi connectivity index (χ2v) is 6.27. The summed E-state index contributed by atoms with van der Waals surface area (Å²) < 4.78 is 2.77. The van der Waals surface area contributed by atoms with Crippen molar-refractivity contribution >= 4 is 21.8 Å². The van der Waals surface area contributed by atoms with Gasteiger partial charge in [0.15, 0.2) is 0 Å². The molecule has 1 atom stereocenters. The maximum Gasteiger partial charge on any atom is 0.268 e.